The van der Waals surface area contributed by atoms with Crippen LogP contribution in [0.5, 0.6) is 0 Å². The Labute approximate surface area is 607 Å². The number of phosphoric ester groups is 2. The van der Waals surface area contributed by atoms with E-state index in [0.29, 0.717) is 25.7 Å². The van der Waals surface area contributed by atoms with Gasteiger partial charge in [-0.05, 0) is 122 Å². The van der Waals surface area contributed by atoms with Crippen LogP contribution in [0.15, 0.2) is 97.2 Å². The lowest BCUT2D eigenvalue weighted by atomic mass is 10.0. The average molecular weight is 1450 g/mol. The second-order valence-electron chi connectivity index (χ2n) is 26.2. The number of hydrogen-bond acceptors (Lipinski definition) is 15. The summed E-state index contributed by atoms with van der Waals surface area (Å²) in [4.78, 5) is 73.0. The number of rotatable bonds is 74. The van der Waals surface area contributed by atoms with Crippen molar-refractivity contribution in [3.05, 3.63) is 97.2 Å². The van der Waals surface area contributed by atoms with E-state index < -0.39 is 97.5 Å². The van der Waals surface area contributed by atoms with Crippen molar-refractivity contribution in [2.45, 2.75) is 354 Å². The predicted molar refractivity (Wildman–Crippen MR) is 409 cm³/mol. The number of hydrogen-bond donors (Lipinski definition) is 3. The van der Waals surface area contributed by atoms with Gasteiger partial charge in [0.05, 0.1) is 26.4 Å². The highest BCUT2D eigenvalue weighted by Gasteiger charge is 2.30. The Kier molecular flexibility index (Phi) is 70.4. The van der Waals surface area contributed by atoms with E-state index >= 15 is 0 Å². The number of allylic oxidation sites excluding steroid dienone is 16. The summed E-state index contributed by atoms with van der Waals surface area (Å²) in [7, 11) is -9.96. The standard InChI is InChI=1S/C81H142O17P2/c1-5-9-13-17-21-25-29-33-37-41-45-49-53-57-61-65-78(83)91-71-76(97-80(85)67-63-59-55-51-47-43-39-35-31-27-23-19-15-11-7-3)73-95-99(87,88)93-69-75(82)70-94-100(89,90)96-74-77(98-81(86)68-64-60-56-52-48-44-40-36-32-28-24-20-16-12-8-4)72-92-79(84)66-62-58-54-50-46-42-38-34-30-26-22-18-14-10-6-2/h9-10,13-14,21-23,25-27,33-35,37-39,75-77,82H,5-8,11-12,15-20,24,28-32,36,40-74H2,1-4H3,(H,87,88)(H,89,90)/b13-9-,14-10-,25-21-,26-22-,27-23-,37-33-,38-34-,39-35-. The molecule has 0 fully saturated rings. The molecule has 0 rings (SSSR count). The number of unbranched alkanes of at least 4 members (excludes halogenated alkanes) is 32. The molecular weight excluding hydrogens is 1310 g/mol. The maximum Gasteiger partial charge on any atom is 0.472 e. The molecule has 0 amide bonds. The SMILES string of the molecule is CC/C=C\C/C=C\C/C=C\CCCCCCCC(=O)OCC(COP(=O)(O)OCC(O)COP(=O)(O)OCC(COC(=O)CCCCCCC/C=C\C/C=C\C/C=C\CC)OC(=O)CCCCCCCCCCCCCCCCC)OC(=O)CCCCCCC/C=C\C/C=C\CCCCC. The number of ether oxygens (including phenoxy) is 4. The third kappa shape index (κ3) is 72.3. The Morgan fingerprint density at radius 3 is 0.820 bits per heavy atom. The van der Waals surface area contributed by atoms with Gasteiger partial charge in [0.15, 0.2) is 12.2 Å². The van der Waals surface area contributed by atoms with E-state index in [1.807, 2.05) is 0 Å². The Hall–Kier alpha value is -4.02. The van der Waals surface area contributed by atoms with Crippen LogP contribution < -0.4 is 0 Å². The summed E-state index contributed by atoms with van der Waals surface area (Å²) < 4.78 is 68.6. The summed E-state index contributed by atoms with van der Waals surface area (Å²) in [5.74, 6) is -2.21. The van der Waals surface area contributed by atoms with Crippen LogP contribution >= 0.6 is 15.6 Å². The topological polar surface area (TPSA) is 237 Å². The maximum absolute atomic E-state index is 13.1. The van der Waals surface area contributed by atoms with E-state index in [9.17, 15) is 43.2 Å². The van der Waals surface area contributed by atoms with E-state index in [-0.39, 0.29) is 25.7 Å². The highest BCUT2D eigenvalue weighted by Crippen LogP contribution is 2.45. The van der Waals surface area contributed by atoms with Gasteiger partial charge in [0.1, 0.15) is 19.3 Å². The maximum atomic E-state index is 13.1. The first-order valence-electron chi connectivity index (χ1n) is 39.5. The summed E-state index contributed by atoms with van der Waals surface area (Å²) >= 11 is 0. The lowest BCUT2D eigenvalue weighted by molar-refractivity contribution is -0.161. The quantitative estimate of drug-likeness (QED) is 0.0169. The molecule has 0 heterocycles. The highest BCUT2D eigenvalue weighted by atomic mass is 31.2. The van der Waals surface area contributed by atoms with Crippen molar-refractivity contribution < 1.29 is 80.2 Å². The molecule has 5 unspecified atom stereocenters. The second kappa shape index (κ2) is 73.3. The van der Waals surface area contributed by atoms with Gasteiger partial charge in [0, 0.05) is 25.7 Å². The van der Waals surface area contributed by atoms with Crippen LogP contribution in [0.4, 0.5) is 0 Å². The smallest absolute Gasteiger partial charge is 0.462 e. The summed E-state index contributed by atoms with van der Waals surface area (Å²) in [5.41, 5.74) is 0. The predicted octanol–water partition coefficient (Wildman–Crippen LogP) is 22.8. The molecule has 5 atom stereocenters. The molecule has 0 spiro atoms. The van der Waals surface area contributed by atoms with Gasteiger partial charge < -0.3 is 33.8 Å². The number of aliphatic hydroxyl groups excluding tert-OH is 1. The van der Waals surface area contributed by atoms with Gasteiger partial charge in [-0.3, -0.25) is 37.3 Å². The van der Waals surface area contributed by atoms with Crippen molar-refractivity contribution in [1.29, 1.82) is 0 Å². The second-order valence-corrected chi connectivity index (χ2v) is 29.2. The summed E-state index contributed by atoms with van der Waals surface area (Å²) in [6, 6.07) is 0. The van der Waals surface area contributed by atoms with Crippen LogP contribution in [-0.2, 0) is 65.4 Å². The molecule has 0 aliphatic rings. The van der Waals surface area contributed by atoms with Crippen LogP contribution in [0.1, 0.15) is 336 Å². The first-order valence-corrected chi connectivity index (χ1v) is 42.5. The molecule has 0 aliphatic heterocycles. The first-order chi connectivity index (χ1) is 48.7. The minimum atomic E-state index is -4.98. The van der Waals surface area contributed by atoms with Crippen molar-refractivity contribution in [1.82, 2.24) is 0 Å². The first kappa shape index (κ1) is 96.0. The molecular formula is C81H142O17P2. The number of carbonyl (C=O) groups excluding carboxylic acids is 4. The monoisotopic (exact) mass is 1450 g/mol. The van der Waals surface area contributed by atoms with Gasteiger partial charge in [-0.25, -0.2) is 9.13 Å². The molecule has 0 bridgehead atoms. The molecule has 0 radical (unpaired) electrons. The van der Waals surface area contributed by atoms with Crippen molar-refractivity contribution in [2.75, 3.05) is 39.6 Å². The van der Waals surface area contributed by atoms with Gasteiger partial charge in [-0.2, -0.15) is 0 Å². The Morgan fingerprint density at radius 1 is 0.290 bits per heavy atom. The third-order valence-electron chi connectivity index (χ3n) is 16.5. The van der Waals surface area contributed by atoms with Gasteiger partial charge in [0.25, 0.3) is 0 Å². The lowest BCUT2D eigenvalue weighted by Gasteiger charge is -2.21. The molecule has 578 valence electrons. The Bertz CT molecular complexity index is 2270. The average Bonchev–Trinajstić information content (AvgIpc) is 1.01. The number of carbonyl (C=O) groups is 4. The Balaban J connectivity index is 5.37. The zero-order valence-corrected chi connectivity index (χ0v) is 64.9. The van der Waals surface area contributed by atoms with Gasteiger partial charge in [0.2, 0.25) is 0 Å². The molecule has 100 heavy (non-hydrogen) atoms. The molecule has 0 aromatic heterocycles. The van der Waals surface area contributed by atoms with Crippen molar-refractivity contribution in [2.24, 2.45) is 0 Å². The molecule has 0 aliphatic carbocycles. The van der Waals surface area contributed by atoms with Crippen molar-refractivity contribution >= 4 is 39.5 Å². The van der Waals surface area contributed by atoms with E-state index in [1.54, 1.807) is 0 Å². The molecule has 0 aromatic rings. The number of phosphoric acid groups is 2. The van der Waals surface area contributed by atoms with Crippen LogP contribution in [-0.4, -0.2) is 96.7 Å². The van der Waals surface area contributed by atoms with Gasteiger partial charge in [-0.1, -0.05) is 285 Å². The van der Waals surface area contributed by atoms with Crippen molar-refractivity contribution in [3.8, 4) is 0 Å². The molecule has 17 nitrogen and oxygen atoms in total. The fourth-order valence-corrected chi connectivity index (χ4v) is 12.2. The minimum Gasteiger partial charge on any atom is -0.462 e. The zero-order valence-electron chi connectivity index (χ0n) is 63.1. The van der Waals surface area contributed by atoms with E-state index in [0.717, 1.165) is 173 Å². The summed E-state index contributed by atoms with van der Waals surface area (Å²) in [6.07, 6.45) is 76.7. The molecule has 0 aromatic carbocycles. The highest BCUT2D eigenvalue weighted by molar-refractivity contribution is 7.47. The van der Waals surface area contributed by atoms with Crippen LogP contribution in [0.2, 0.25) is 0 Å². The molecule has 0 saturated carbocycles. The summed E-state index contributed by atoms with van der Waals surface area (Å²) in [6.45, 7) is 4.61. The van der Waals surface area contributed by atoms with Crippen LogP contribution in [0.3, 0.4) is 0 Å². The molecule has 19 heteroatoms. The lowest BCUT2D eigenvalue weighted by Crippen LogP contribution is -2.30. The largest absolute Gasteiger partial charge is 0.472 e. The number of esters is 4. The van der Waals surface area contributed by atoms with E-state index in [2.05, 4.69) is 125 Å². The fraction of sp³-hybridized carbons (Fsp3) is 0.753. The van der Waals surface area contributed by atoms with Crippen LogP contribution in [0.25, 0.3) is 0 Å². The third-order valence-corrected chi connectivity index (χ3v) is 18.4. The molecule has 3 N–H and O–H groups in total. The van der Waals surface area contributed by atoms with E-state index in [1.165, 1.54) is 83.5 Å². The summed E-state index contributed by atoms with van der Waals surface area (Å²) in [5, 5.41) is 10.6. The van der Waals surface area contributed by atoms with E-state index in [4.69, 9.17) is 37.0 Å². The van der Waals surface area contributed by atoms with Gasteiger partial charge >= 0.3 is 39.5 Å². The zero-order chi connectivity index (χ0) is 73.2. The Morgan fingerprint density at radius 2 is 0.520 bits per heavy atom. The van der Waals surface area contributed by atoms with Crippen molar-refractivity contribution in [3.63, 3.8) is 0 Å². The van der Waals surface area contributed by atoms with Crippen LogP contribution in [0, 0.1) is 0 Å². The minimum absolute atomic E-state index is 0.0752. The molecule has 0 saturated heterocycles. The van der Waals surface area contributed by atoms with Gasteiger partial charge in [-0.15, -0.1) is 0 Å². The number of aliphatic hydroxyl groups is 1. The normalized spacial score (nSPS) is 14.4. The fourth-order valence-electron chi connectivity index (χ4n) is 10.6.